The SMILES string of the molecule is CCOC(=O)C1CCN(C(=O)c2csc(CN(CCOC)C(=O)Nc3cccc(Cl)c3)n2)CC1. The molecular formula is C23H29ClN4O5S. The molecule has 1 aliphatic rings. The Morgan fingerprint density at radius 2 is 2.06 bits per heavy atom. The number of thiazole rings is 1. The lowest BCUT2D eigenvalue weighted by Gasteiger charge is -2.30. The number of carbonyl (C=O) groups excluding carboxylic acids is 3. The molecular weight excluding hydrogens is 480 g/mol. The molecule has 1 N–H and O–H groups in total. The molecule has 11 heteroatoms. The number of urea groups is 1. The minimum Gasteiger partial charge on any atom is -0.466 e. The van der Waals surface area contributed by atoms with Crippen molar-refractivity contribution >= 4 is 46.5 Å². The number of esters is 1. The van der Waals surface area contributed by atoms with E-state index in [1.165, 1.54) is 11.3 Å². The summed E-state index contributed by atoms with van der Waals surface area (Å²) < 4.78 is 10.2. The Bertz CT molecular complexity index is 993. The summed E-state index contributed by atoms with van der Waals surface area (Å²) >= 11 is 7.33. The van der Waals surface area contributed by atoms with Crippen LogP contribution in [0.25, 0.3) is 0 Å². The van der Waals surface area contributed by atoms with E-state index in [0.29, 0.717) is 67.1 Å². The molecule has 184 valence electrons. The molecule has 3 rings (SSSR count). The van der Waals surface area contributed by atoms with Gasteiger partial charge in [0.25, 0.3) is 5.91 Å². The number of benzene rings is 1. The Kier molecular flexibility index (Phi) is 9.67. The molecule has 2 aromatic rings. The Balaban J connectivity index is 1.60. The number of amides is 3. The topological polar surface area (TPSA) is 101 Å². The predicted molar refractivity (Wildman–Crippen MR) is 130 cm³/mol. The van der Waals surface area contributed by atoms with E-state index in [0.717, 1.165) is 0 Å². The fourth-order valence-electron chi connectivity index (χ4n) is 3.61. The summed E-state index contributed by atoms with van der Waals surface area (Å²) in [5.41, 5.74) is 0.928. The van der Waals surface area contributed by atoms with Crippen molar-refractivity contribution in [2.24, 2.45) is 5.92 Å². The van der Waals surface area contributed by atoms with E-state index in [9.17, 15) is 14.4 Å². The van der Waals surface area contributed by atoms with Crippen molar-refractivity contribution in [2.45, 2.75) is 26.3 Å². The molecule has 0 bridgehead atoms. The fraction of sp³-hybridized carbons (Fsp3) is 0.478. The second-order valence-corrected chi connectivity index (χ2v) is 9.18. The summed E-state index contributed by atoms with van der Waals surface area (Å²) in [4.78, 5) is 45.4. The van der Waals surface area contributed by atoms with E-state index in [1.807, 2.05) is 0 Å². The number of hydrogen-bond acceptors (Lipinski definition) is 7. The number of piperidine rings is 1. The van der Waals surface area contributed by atoms with Crippen LogP contribution in [0.4, 0.5) is 10.5 Å². The van der Waals surface area contributed by atoms with Crippen molar-refractivity contribution in [3.63, 3.8) is 0 Å². The molecule has 0 saturated carbocycles. The molecule has 0 unspecified atom stereocenters. The van der Waals surface area contributed by atoms with E-state index < -0.39 is 0 Å². The maximum atomic E-state index is 12.9. The van der Waals surface area contributed by atoms with E-state index >= 15 is 0 Å². The highest BCUT2D eigenvalue weighted by molar-refractivity contribution is 7.09. The summed E-state index contributed by atoms with van der Waals surface area (Å²) in [5, 5.41) is 5.70. The molecule has 34 heavy (non-hydrogen) atoms. The molecule has 1 saturated heterocycles. The van der Waals surface area contributed by atoms with E-state index in [-0.39, 0.29) is 30.4 Å². The van der Waals surface area contributed by atoms with Crippen molar-refractivity contribution in [2.75, 3.05) is 45.3 Å². The van der Waals surface area contributed by atoms with E-state index in [2.05, 4.69) is 10.3 Å². The first kappa shape index (κ1) is 25.9. The molecule has 3 amide bonds. The number of hydrogen-bond donors (Lipinski definition) is 1. The van der Waals surface area contributed by atoms with Crippen LogP contribution in [0.2, 0.25) is 5.02 Å². The lowest BCUT2D eigenvalue weighted by Crippen LogP contribution is -2.40. The van der Waals surface area contributed by atoms with Crippen molar-refractivity contribution in [1.82, 2.24) is 14.8 Å². The molecule has 2 heterocycles. The van der Waals surface area contributed by atoms with Gasteiger partial charge in [-0.3, -0.25) is 9.59 Å². The minimum absolute atomic E-state index is 0.164. The lowest BCUT2D eigenvalue weighted by atomic mass is 9.97. The van der Waals surface area contributed by atoms with E-state index in [1.54, 1.807) is 53.5 Å². The van der Waals surface area contributed by atoms with Gasteiger partial charge in [0.15, 0.2) is 0 Å². The second kappa shape index (κ2) is 12.7. The first-order valence-corrected chi connectivity index (χ1v) is 12.4. The van der Waals surface area contributed by atoms with Crippen LogP contribution >= 0.6 is 22.9 Å². The number of aromatic nitrogens is 1. The summed E-state index contributed by atoms with van der Waals surface area (Å²) in [6.07, 6.45) is 1.16. The maximum Gasteiger partial charge on any atom is 0.322 e. The van der Waals surface area contributed by atoms with Gasteiger partial charge in [0, 0.05) is 42.8 Å². The zero-order valence-corrected chi connectivity index (χ0v) is 20.9. The van der Waals surface area contributed by atoms with Crippen LogP contribution in [0, 0.1) is 5.92 Å². The van der Waals surface area contributed by atoms with Gasteiger partial charge < -0.3 is 24.6 Å². The molecule has 1 aromatic heterocycles. The molecule has 9 nitrogen and oxygen atoms in total. The number of anilines is 1. The second-order valence-electron chi connectivity index (χ2n) is 7.80. The maximum absolute atomic E-state index is 12.9. The fourth-order valence-corrected chi connectivity index (χ4v) is 4.58. The Morgan fingerprint density at radius 3 is 2.74 bits per heavy atom. The van der Waals surface area contributed by atoms with Gasteiger partial charge in [-0.05, 0) is 38.0 Å². The third-order valence-corrected chi connectivity index (χ3v) is 6.50. The van der Waals surface area contributed by atoms with Crippen LogP contribution in [-0.4, -0.2) is 72.6 Å². The standard InChI is InChI=1S/C23H29ClN4O5S/c1-3-33-22(30)16-7-9-27(10-8-16)21(29)19-15-34-20(26-19)14-28(11-12-32-2)23(31)25-18-6-4-5-17(24)13-18/h4-6,13,15-16H,3,7-12,14H2,1-2H3,(H,25,31). The van der Waals surface area contributed by atoms with Gasteiger partial charge in [0.1, 0.15) is 10.7 Å². The average molecular weight is 509 g/mol. The third kappa shape index (κ3) is 7.15. The van der Waals surface area contributed by atoms with Crippen LogP contribution in [0.1, 0.15) is 35.3 Å². The van der Waals surface area contributed by atoms with Gasteiger partial charge in [-0.15, -0.1) is 11.3 Å². The van der Waals surface area contributed by atoms with Crippen molar-refractivity contribution in [3.05, 3.63) is 45.4 Å². The van der Waals surface area contributed by atoms with Crippen molar-refractivity contribution in [3.8, 4) is 0 Å². The molecule has 0 atom stereocenters. The van der Waals surface area contributed by atoms with Crippen LogP contribution in [0.3, 0.4) is 0 Å². The average Bonchev–Trinajstić information content (AvgIpc) is 3.30. The Hall–Kier alpha value is -2.69. The third-order valence-electron chi connectivity index (χ3n) is 5.43. The van der Waals surface area contributed by atoms with Crippen LogP contribution in [-0.2, 0) is 20.8 Å². The molecule has 1 fully saturated rings. The first-order valence-electron chi connectivity index (χ1n) is 11.1. The van der Waals surface area contributed by atoms with Crippen LogP contribution in [0.15, 0.2) is 29.6 Å². The lowest BCUT2D eigenvalue weighted by molar-refractivity contribution is -0.149. The highest BCUT2D eigenvalue weighted by Crippen LogP contribution is 2.22. The summed E-state index contributed by atoms with van der Waals surface area (Å²) in [7, 11) is 1.57. The number of carbonyl (C=O) groups is 3. The van der Waals surface area contributed by atoms with Crippen molar-refractivity contribution in [1.29, 1.82) is 0 Å². The summed E-state index contributed by atoms with van der Waals surface area (Å²) in [5.74, 6) is -0.531. The van der Waals surface area contributed by atoms with Gasteiger partial charge in [-0.25, -0.2) is 9.78 Å². The van der Waals surface area contributed by atoms with Gasteiger partial charge >= 0.3 is 12.0 Å². The molecule has 1 aromatic carbocycles. The number of nitrogens with one attached hydrogen (secondary N) is 1. The number of methoxy groups -OCH3 is 1. The molecule has 0 spiro atoms. The first-order chi connectivity index (χ1) is 16.4. The Labute approximate surface area is 208 Å². The number of rotatable bonds is 9. The summed E-state index contributed by atoms with van der Waals surface area (Å²) in [6, 6.07) is 6.59. The van der Waals surface area contributed by atoms with Gasteiger partial charge in [0.2, 0.25) is 0 Å². The van der Waals surface area contributed by atoms with Gasteiger partial charge in [-0.2, -0.15) is 0 Å². The highest BCUT2D eigenvalue weighted by Gasteiger charge is 2.29. The van der Waals surface area contributed by atoms with E-state index in [4.69, 9.17) is 21.1 Å². The quantitative estimate of drug-likeness (QED) is 0.516. The molecule has 0 aliphatic carbocycles. The molecule has 0 radical (unpaired) electrons. The number of likely N-dealkylation sites (tertiary alicyclic amines) is 1. The highest BCUT2D eigenvalue weighted by atomic mass is 35.5. The smallest absolute Gasteiger partial charge is 0.322 e. The zero-order chi connectivity index (χ0) is 24.5. The van der Waals surface area contributed by atoms with Crippen molar-refractivity contribution < 1.29 is 23.9 Å². The van der Waals surface area contributed by atoms with Gasteiger partial charge in [-0.1, -0.05) is 17.7 Å². The van der Waals surface area contributed by atoms with Crippen LogP contribution in [0.5, 0.6) is 0 Å². The minimum atomic E-state index is -0.316. The van der Waals surface area contributed by atoms with Gasteiger partial charge in [0.05, 0.1) is 25.7 Å². The van der Waals surface area contributed by atoms with Crippen LogP contribution < -0.4 is 5.32 Å². The summed E-state index contributed by atoms with van der Waals surface area (Å²) in [6.45, 7) is 4.06. The number of nitrogens with zero attached hydrogens (tertiary/aromatic N) is 3. The predicted octanol–water partition coefficient (Wildman–Crippen LogP) is 3.89. The number of ether oxygens (including phenoxy) is 2. The Morgan fingerprint density at radius 1 is 1.29 bits per heavy atom. The zero-order valence-electron chi connectivity index (χ0n) is 19.3. The largest absolute Gasteiger partial charge is 0.466 e. The number of halogens is 1. The monoisotopic (exact) mass is 508 g/mol. The normalized spacial score (nSPS) is 14.0. The molecule has 1 aliphatic heterocycles.